The molecule has 2 amide bonds. The molecule has 1 heterocycles. The third-order valence-electron chi connectivity index (χ3n) is 1.55. The number of carbonyl (C=O) groups excluding carboxylic acids is 3. The molecular weight excluding hydrogens is 218 g/mol. The van der Waals surface area contributed by atoms with Crippen molar-refractivity contribution in [3.05, 3.63) is 0 Å². The average molecular weight is 222 g/mol. The Morgan fingerprint density at radius 3 is 2.43 bits per heavy atom. The summed E-state index contributed by atoms with van der Waals surface area (Å²) in [5.41, 5.74) is 0. The normalized spacial score (nSPS) is 22.6. The number of carbonyl (C=O) groups is 2. The highest BCUT2D eigenvalue weighted by Gasteiger charge is 2.47. The van der Waals surface area contributed by atoms with Gasteiger partial charge in [-0.05, 0) is 0 Å². The molecule has 0 saturated carbocycles. The van der Waals surface area contributed by atoms with E-state index >= 15 is 0 Å². The van der Waals surface area contributed by atoms with Crippen molar-refractivity contribution in [3.63, 3.8) is 0 Å². The van der Waals surface area contributed by atoms with Crippen LogP contribution >= 0.6 is 0 Å². The van der Waals surface area contributed by atoms with E-state index in [0.29, 0.717) is 0 Å². The fourth-order valence-corrected chi connectivity index (χ4v) is 1.65. The molecule has 1 radical (unpaired) electrons. The number of amides is 2. The summed E-state index contributed by atoms with van der Waals surface area (Å²) in [6.45, 7) is 0.800. The first-order valence-corrected chi connectivity index (χ1v) is 4.75. The SMILES string of the molecule is O=[C]ON1C(=O)CC(S(=O)(=O)O)C1=O. The Balaban J connectivity index is 2.96. The van der Waals surface area contributed by atoms with E-state index in [9.17, 15) is 22.8 Å². The van der Waals surface area contributed by atoms with Gasteiger partial charge in [-0.25, -0.2) is 4.79 Å². The van der Waals surface area contributed by atoms with E-state index in [2.05, 4.69) is 4.84 Å². The van der Waals surface area contributed by atoms with Gasteiger partial charge in [0, 0.05) is 0 Å². The molecule has 14 heavy (non-hydrogen) atoms. The van der Waals surface area contributed by atoms with Crippen molar-refractivity contribution in [2.24, 2.45) is 0 Å². The van der Waals surface area contributed by atoms with Crippen LogP contribution in [0.3, 0.4) is 0 Å². The number of hydrogen-bond acceptors (Lipinski definition) is 6. The molecule has 1 rings (SSSR count). The second-order valence-corrected chi connectivity index (χ2v) is 4.01. The highest BCUT2D eigenvalue weighted by Crippen LogP contribution is 2.18. The molecule has 1 saturated heterocycles. The van der Waals surface area contributed by atoms with Gasteiger partial charge in [-0.15, -0.1) is 5.06 Å². The Kier molecular flexibility index (Phi) is 2.53. The summed E-state index contributed by atoms with van der Waals surface area (Å²) in [5, 5.41) is -1.95. The zero-order chi connectivity index (χ0) is 10.9. The summed E-state index contributed by atoms with van der Waals surface area (Å²) in [6, 6.07) is 0. The lowest BCUT2D eigenvalue weighted by Crippen LogP contribution is -2.34. The quantitative estimate of drug-likeness (QED) is 0.433. The minimum absolute atomic E-state index is 0.0502. The molecule has 1 unspecified atom stereocenters. The van der Waals surface area contributed by atoms with E-state index in [0.717, 1.165) is 6.47 Å². The molecule has 0 aromatic heterocycles. The lowest BCUT2D eigenvalue weighted by atomic mass is 10.4. The standard InChI is InChI=1S/C5H4NO7S/c7-2-13-6-4(8)1-3(5(6)9)14(10,11)12/h3H,1H2,(H,10,11,12). The van der Waals surface area contributed by atoms with E-state index in [-0.39, 0.29) is 5.06 Å². The third kappa shape index (κ3) is 1.72. The van der Waals surface area contributed by atoms with Crippen molar-refractivity contribution in [1.29, 1.82) is 0 Å². The van der Waals surface area contributed by atoms with Crippen molar-refractivity contribution < 1.29 is 32.2 Å². The Bertz CT molecular complexity index is 385. The first-order chi connectivity index (χ1) is 6.38. The van der Waals surface area contributed by atoms with Gasteiger partial charge in [-0.3, -0.25) is 14.1 Å². The van der Waals surface area contributed by atoms with Crippen molar-refractivity contribution in [2.45, 2.75) is 11.7 Å². The summed E-state index contributed by atoms with van der Waals surface area (Å²) >= 11 is 0. The van der Waals surface area contributed by atoms with Gasteiger partial charge in [-0.1, -0.05) is 0 Å². The highest BCUT2D eigenvalue weighted by molar-refractivity contribution is 7.87. The molecule has 8 nitrogen and oxygen atoms in total. The molecule has 1 fully saturated rings. The smallest absolute Gasteiger partial charge is 0.319 e. The van der Waals surface area contributed by atoms with Crippen LogP contribution in [0.15, 0.2) is 0 Å². The number of nitrogens with zero attached hydrogens (tertiary/aromatic N) is 1. The molecule has 0 aliphatic carbocycles. The maximum absolute atomic E-state index is 11.0. The monoisotopic (exact) mass is 222 g/mol. The molecule has 9 heteroatoms. The van der Waals surface area contributed by atoms with Crippen molar-refractivity contribution in [1.82, 2.24) is 5.06 Å². The van der Waals surface area contributed by atoms with Crippen LogP contribution in [0.5, 0.6) is 0 Å². The molecule has 0 aromatic carbocycles. The zero-order valence-corrected chi connectivity index (χ0v) is 7.35. The van der Waals surface area contributed by atoms with Crippen LogP contribution in [0.1, 0.15) is 6.42 Å². The summed E-state index contributed by atoms with van der Waals surface area (Å²) in [4.78, 5) is 35.4. The molecule has 1 N–H and O–H groups in total. The lowest BCUT2D eigenvalue weighted by Gasteiger charge is -2.07. The van der Waals surface area contributed by atoms with Crippen LogP contribution in [-0.4, -0.2) is 41.6 Å². The number of rotatable bonds is 3. The van der Waals surface area contributed by atoms with Crippen molar-refractivity contribution >= 4 is 28.4 Å². The Morgan fingerprint density at radius 2 is 2.07 bits per heavy atom. The van der Waals surface area contributed by atoms with Crippen LogP contribution in [0.25, 0.3) is 0 Å². The molecule has 77 valence electrons. The molecule has 1 aliphatic rings. The predicted molar refractivity (Wildman–Crippen MR) is 38.6 cm³/mol. The molecule has 0 bridgehead atoms. The van der Waals surface area contributed by atoms with Crippen LogP contribution in [0.4, 0.5) is 0 Å². The first kappa shape index (κ1) is 10.6. The van der Waals surface area contributed by atoms with Crippen LogP contribution in [0.2, 0.25) is 0 Å². The van der Waals surface area contributed by atoms with E-state index in [1.807, 2.05) is 0 Å². The fraction of sp³-hybridized carbons (Fsp3) is 0.400. The third-order valence-corrected chi connectivity index (χ3v) is 2.64. The van der Waals surface area contributed by atoms with Gasteiger partial charge in [-0.2, -0.15) is 8.42 Å². The maximum Gasteiger partial charge on any atom is 0.444 e. The van der Waals surface area contributed by atoms with E-state index in [4.69, 9.17) is 4.55 Å². The highest BCUT2D eigenvalue weighted by atomic mass is 32.2. The molecule has 1 aliphatic heterocycles. The Morgan fingerprint density at radius 1 is 1.50 bits per heavy atom. The number of imide groups is 1. The minimum atomic E-state index is -4.66. The number of hydrogen-bond donors (Lipinski definition) is 1. The Hall–Kier alpha value is -1.48. The summed E-state index contributed by atoms with van der Waals surface area (Å²) < 4.78 is 29.6. The molecular formula is C5H4NO7S. The summed E-state index contributed by atoms with van der Waals surface area (Å²) in [7, 11) is -4.66. The van der Waals surface area contributed by atoms with Gasteiger partial charge in [0.25, 0.3) is 21.9 Å². The van der Waals surface area contributed by atoms with Crippen molar-refractivity contribution in [3.8, 4) is 0 Å². The van der Waals surface area contributed by atoms with Crippen LogP contribution in [0, 0.1) is 0 Å². The van der Waals surface area contributed by atoms with Gasteiger partial charge in [0.1, 0.15) is 0 Å². The van der Waals surface area contributed by atoms with Gasteiger partial charge in [0.15, 0.2) is 5.25 Å². The minimum Gasteiger partial charge on any atom is -0.319 e. The number of hydroxylamine groups is 2. The topological polar surface area (TPSA) is 118 Å². The fourth-order valence-electron chi connectivity index (χ4n) is 0.948. The first-order valence-electron chi connectivity index (χ1n) is 3.25. The van der Waals surface area contributed by atoms with Gasteiger partial charge < -0.3 is 4.84 Å². The van der Waals surface area contributed by atoms with E-state index in [1.165, 1.54) is 0 Å². The summed E-state index contributed by atoms with van der Waals surface area (Å²) in [5.74, 6) is -2.33. The van der Waals surface area contributed by atoms with Crippen molar-refractivity contribution in [2.75, 3.05) is 0 Å². The van der Waals surface area contributed by atoms with Gasteiger partial charge in [0.05, 0.1) is 6.42 Å². The largest absolute Gasteiger partial charge is 0.444 e. The summed E-state index contributed by atoms with van der Waals surface area (Å²) in [6.07, 6.45) is -0.751. The molecule has 1 atom stereocenters. The van der Waals surface area contributed by atoms with Crippen LogP contribution < -0.4 is 0 Å². The average Bonchev–Trinajstić information content (AvgIpc) is 2.31. The second kappa shape index (κ2) is 3.35. The van der Waals surface area contributed by atoms with E-state index in [1.54, 1.807) is 0 Å². The second-order valence-electron chi connectivity index (χ2n) is 2.41. The molecule has 0 aromatic rings. The van der Waals surface area contributed by atoms with E-state index < -0.39 is 33.6 Å². The van der Waals surface area contributed by atoms with Crippen LogP contribution in [-0.2, 0) is 29.3 Å². The Labute approximate surface area is 78.1 Å². The van der Waals surface area contributed by atoms with Gasteiger partial charge in [0.2, 0.25) is 0 Å². The molecule has 0 spiro atoms. The lowest BCUT2D eigenvalue weighted by molar-refractivity contribution is -0.167. The maximum atomic E-state index is 11.0. The predicted octanol–water partition coefficient (Wildman–Crippen LogP) is -2.00. The zero-order valence-electron chi connectivity index (χ0n) is 6.54. The van der Waals surface area contributed by atoms with Gasteiger partial charge >= 0.3 is 6.47 Å².